The predicted molar refractivity (Wildman–Crippen MR) is 80.3 cm³/mol. The van der Waals surface area contributed by atoms with E-state index in [9.17, 15) is 4.79 Å². The molecule has 3 nitrogen and oxygen atoms in total. The summed E-state index contributed by atoms with van der Waals surface area (Å²) < 4.78 is 0. The summed E-state index contributed by atoms with van der Waals surface area (Å²) in [5.41, 5.74) is 8.74. The van der Waals surface area contributed by atoms with Crippen LogP contribution in [0.1, 0.15) is 43.7 Å². The highest BCUT2D eigenvalue weighted by atomic mass is 16.1. The van der Waals surface area contributed by atoms with E-state index in [0.29, 0.717) is 6.04 Å². The van der Waals surface area contributed by atoms with Gasteiger partial charge >= 0.3 is 0 Å². The molecule has 0 spiro atoms. The molecule has 2 saturated carbocycles. The van der Waals surface area contributed by atoms with Crippen LogP contribution in [0.4, 0.5) is 0 Å². The Labute approximate surface area is 120 Å². The summed E-state index contributed by atoms with van der Waals surface area (Å²) in [4.78, 5) is 11.9. The second kappa shape index (κ2) is 5.21. The van der Waals surface area contributed by atoms with Crippen molar-refractivity contribution in [3.63, 3.8) is 0 Å². The number of hydrogen-bond acceptors (Lipinski definition) is 2. The molecule has 0 aromatic heterocycles. The highest BCUT2D eigenvalue weighted by Gasteiger charge is 2.37. The summed E-state index contributed by atoms with van der Waals surface area (Å²) in [6.07, 6.45) is 6.37. The van der Waals surface area contributed by atoms with Crippen molar-refractivity contribution >= 4 is 5.91 Å². The summed E-state index contributed by atoms with van der Waals surface area (Å²) >= 11 is 0. The smallest absolute Gasteiger partial charge is 0.223 e. The molecule has 1 atom stereocenters. The Bertz CT molecular complexity index is 486. The van der Waals surface area contributed by atoms with Crippen LogP contribution in [0.5, 0.6) is 0 Å². The van der Waals surface area contributed by atoms with Crippen molar-refractivity contribution < 1.29 is 4.79 Å². The fourth-order valence-corrected chi connectivity index (χ4v) is 2.55. The van der Waals surface area contributed by atoms with Gasteiger partial charge < -0.3 is 11.1 Å². The topological polar surface area (TPSA) is 55.1 Å². The number of carbonyl (C=O) groups excluding carboxylic acids is 1. The molecule has 1 unspecified atom stereocenters. The minimum atomic E-state index is 0.0470. The average Bonchev–Trinajstić information content (AvgIpc) is 3.32. The van der Waals surface area contributed by atoms with Crippen molar-refractivity contribution in [3.05, 3.63) is 35.4 Å². The lowest BCUT2D eigenvalue weighted by atomic mass is 9.97. The summed E-state index contributed by atoms with van der Waals surface area (Å²) in [5.74, 6) is 0.237. The second-order valence-electron chi connectivity index (χ2n) is 6.74. The van der Waals surface area contributed by atoms with Gasteiger partial charge in [0.1, 0.15) is 0 Å². The third kappa shape index (κ3) is 3.60. The average molecular weight is 272 g/mol. The van der Waals surface area contributed by atoms with Gasteiger partial charge in [0, 0.05) is 17.5 Å². The van der Waals surface area contributed by atoms with Gasteiger partial charge in [-0.2, -0.15) is 0 Å². The molecule has 108 valence electrons. The first-order valence-corrected chi connectivity index (χ1v) is 7.71. The summed E-state index contributed by atoms with van der Waals surface area (Å²) in [7, 11) is 0. The molecule has 2 aliphatic carbocycles. The molecule has 0 aliphatic heterocycles. The van der Waals surface area contributed by atoms with Gasteiger partial charge in [0.25, 0.3) is 0 Å². The maximum atomic E-state index is 11.9. The first kappa shape index (κ1) is 13.6. The lowest BCUT2D eigenvalue weighted by Gasteiger charge is -2.13. The lowest BCUT2D eigenvalue weighted by Crippen LogP contribution is -2.31. The fraction of sp³-hybridized carbons (Fsp3) is 0.588. The fourth-order valence-electron chi connectivity index (χ4n) is 2.55. The molecule has 0 bridgehead atoms. The molecule has 0 saturated heterocycles. The van der Waals surface area contributed by atoms with E-state index in [1.807, 2.05) is 6.92 Å². The summed E-state index contributed by atoms with van der Waals surface area (Å²) in [5, 5.41) is 3.07. The number of benzene rings is 1. The standard InChI is InChI=1S/C17H24N2O/c1-12(16(20)19-15-6-7-15)10-13-2-4-14(5-3-13)11-17(18)8-9-17/h2-5,12,15H,6-11,18H2,1H3,(H,19,20). The third-order valence-corrected chi connectivity index (χ3v) is 4.38. The van der Waals surface area contributed by atoms with Crippen molar-refractivity contribution in [2.75, 3.05) is 0 Å². The maximum absolute atomic E-state index is 11.9. The van der Waals surface area contributed by atoms with E-state index >= 15 is 0 Å². The van der Waals surface area contributed by atoms with Gasteiger partial charge in [-0.15, -0.1) is 0 Å². The van der Waals surface area contributed by atoms with Crippen LogP contribution in [0.15, 0.2) is 24.3 Å². The van der Waals surface area contributed by atoms with Crippen LogP contribution < -0.4 is 11.1 Å². The normalized spacial score (nSPS) is 21.3. The van der Waals surface area contributed by atoms with E-state index in [1.54, 1.807) is 0 Å². The Balaban J connectivity index is 1.52. The van der Waals surface area contributed by atoms with Crippen molar-refractivity contribution in [2.45, 2.75) is 57.0 Å². The van der Waals surface area contributed by atoms with Gasteiger partial charge in [0.2, 0.25) is 5.91 Å². The van der Waals surface area contributed by atoms with Crippen LogP contribution in [0, 0.1) is 5.92 Å². The number of carbonyl (C=O) groups is 1. The number of nitrogens with one attached hydrogen (secondary N) is 1. The molecular weight excluding hydrogens is 248 g/mol. The molecule has 0 heterocycles. The first-order valence-electron chi connectivity index (χ1n) is 7.71. The van der Waals surface area contributed by atoms with E-state index in [0.717, 1.165) is 38.5 Å². The van der Waals surface area contributed by atoms with E-state index < -0.39 is 0 Å². The zero-order valence-corrected chi connectivity index (χ0v) is 12.2. The molecule has 2 fully saturated rings. The van der Waals surface area contributed by atoms with Gasteiger partial charge in [-0.1, -0.05) is 31.2 Å². The maximum Gasteiger partial charge on any atom is 0.223 e. The number of hydrogen-bond donors (Lipinski definition) is 2. The number of nitrogens with two attached hydrogens (primary N) is 1. The number of rotatable bonds is 6. The van der Waals surface area contributed by atoms with E-state index in [-0.39, 0.29) is 17.4 Å². The molecule has 3 N–H and O–H groups in total. The molecular formula is C17H24N2O. The molecule has 20 heavy (non-hydrogen) atoms. The molecule has 2 aliphatic rings. The highest BCUT2D eigenvalue weighted by molar-refractivity contribution is 5.79. The minimum absolute atomic E-state index is 0.0470. The SMILES string of the molecule is CC(Cc1ccc(CC2(N)CC2)cc1)C(=O)NC1CC1. The van der Waals surface area contributed by atoms with E-state index in [2.05, 4.69) is 29.6 Å². The monoisotopic (exact) mass is 272 g/mol. The van der Waals surface area contributed by atoms with Gasteiger partial charge in [0.05, 0.1) is 0 Å². The Kier molecular flexibility index (Phi) is 3.55. The van der Waals surface area contributed by atoms with Gasteiger partial charge in [0.15, 0.2) is 0 Å². The lowest BCUT2D eigenvalue weighted by molar-refractivity contribution is -0.124. The third-order valence-electron chi connectivity index (χ3n) is 4.38. The van der Waals surface area contributed by atoms with Gasteiger partial charge in [-0.05, 0) is 49.7 Å². The van der Waals surface area contributed by atoms with Crippen molar-refractivity contribution in [1.82, 2.24) is 5.32 Å². The van der Waals surface area contributed by atoms with Crippen LogP contribution >= 0.6 is 0 Å². The second-order valence-corrected chi connectivity index (χ2v) is 6.74. The quantitative estimate of drug-likeness (QED) is 0.834. The van der Waals surface area contributed by atoms with Crippen molar-refractivity contribution in [3.8, 4) is 0 Å². The molecule has 1 aromatic carbocycles. The van der Waals surface area contributed by atoms with Crippen LogP contribution in [0.2, 0.25) is 0 Å². The molecule has 3 heteroatoms. The van der Waals surface area contributed by atoms with Crippen molar-refractivity contribution in [2.24, 2.45) is 11.7 Å². The Hall–Kier alpha value is -1.35. The molecule has 1 amide bonds. The van der Waals surface area contributed by atoms with Crippen LogP contribution in [-0.2, 0) is 17.6 Å². The Morgan fingerprint density at radius 1 is 1.30 bits per heavy atom. The number of amides is 1. The Morgan fingerprint density at radius 3 is 2.45 bits per heavy atom. The van der Waals surface area contributed by atoms with Crippen LogP contribution in [0.3, 0.4) is 0 Å². The molecule has 3 rings (SSSR count). The predicted octanol–water partition coefficient (Wildman–Crippen LogP) is 2.18. The molecule has 0 radical (unpaired) electrons. The van der Waals surface area contributed by atoms with E-state index in [4.69, 9.17) is 5.73 Å². The highest BCUT2D eigenvalue weighted by Crippen LogP contribution is 2.35. The Morgan fingerprint density at radius 2 is 1.90 bits per heavy atom. The largest absolute Gasteiger partial charge is 0.353 e. The summed E-state index contributed by atoms with van der Waals surface area (Å²) in [6, 6.07) is 9.05. The van der Waals surface area contributed by atoms with E-state index in [1.165, 1.54) is 11.1 Å². The van der Waals surface area contributed by atoms with Crippen LogP contribution in [-0.4, -0.2) is 17.5 Å². The van der Waals surface area contributed by atoms with Gasteiger partial charge in [-0.3, -0.25) is 4.79 Å². The molecule has 1 aromatic rings. The zero-order chi connectivity index (χ0) is 14.2. The van der Waals surface area contributed by atoms with Gasteiger partial charge in [-0.25, -0.2) is 0 Å². The minimum Gasteiger partial charge on any atom is -0.353 e. The summed E-state index contributed by atoms with van der Waals surface area (Å²) in [6.45, 7) is 2.00. The van der Waals surface area contributed by atoms with Crippen molar-refractivity contribution in [1.29, 1.82) is 0 Å². The zero-order valence-electron chi connectivity index (χ0n) is 12.2. The first-order chi connectivity index (χ1) is 9.54. The van der Waals surface area contributed by atoms with Crippen LogP contribution in [0.25, 0.3) is 0 Å².